The third-order valence-electron chi connectivity index (χ3n) is 3.50. The number of aliphatic hydroxyl groups excluding tert-OH is 2. The molecule has 4 atom stereocenters. The van der Waals surface area contributed by atoms with Gasteiger partial charge in [-0.3, -0.25) is 4.57 Å². The molecular formula is C10H10F2N8O3. The summed E-state index contributed by atoms with van der Waals surface area (Å²) in [6, 6.07) is 0. The lowest BCUT2D eigenvalue weighted by atomic mass is 10.1. The summed E-state index contributed by atoms with van der Waals surface area (Å²) in [6.45, 7) is -0.965. The second kappa shape index (κ2) is 5.24. The molecule has 0 amide bonds. The third-order valence-corrected chi connectivity index (χ3v) is 3.50. The van der Waals surface area contributed by atoms with Gasteiger partial charge in [0.2, 0.25) is 5.72 Å². The lowest BCUT2D eigenvalue weighted by Crippen LogP contribution is -2.43. The molecule has 0 bridgehead atoms. The largest absolute Gasteiger partial charge is 0.393 e. The smallest absolute Gasteiger partial charge is 0.312 e. The van der Waals surface area contributed by atoms with Crippen molar-refractivity contribution in [3.63, 3.8) is 0 Å². The molecule has 13 heteroatoms. The number of anilines is 1. The predicted octanol–water partition coefficient (Wildman–Crippen LogP) is -0.226. The summed E-state index contributed by atoms with van der Waals surface area (Å²) in [5.41, 5.74) is 11.6. The highest BCUT2D eigenvalue weighted by molar-refractivity contribution is 5.81. The molecule has 0 aliphatic carbocycles. The number of nitrogens with two attached hydrogens (primary N) is 1. The van der Waals surface area contributed by atoms with Crippen molar-refractivity contribution in [1.82, 2.24) is 19.5 Å². The van der Waals surface area contributed by atoms with Gasteiger partial charge in [-0.2, -0.15) is 14.4 Å². The minimum atomic E-state index is -2.22. The maximum Gasteiger partial charge on any atom is 0.312 e. The van der Waals surface area contributed by atoms with Crippen LogP contribution < -0.4 is 5.73 Å². The van der Waals surface area contributed by atoms with Crippen molar-refractivity contribution in [2.75, 3.05) is 12.3 Å². The first-order valence-corrected chi connectivity index (χ1v) is 6.26. The minimum Gasteiger partial charge on any atom is -0.393 e. The van der Waals surface area contributed by atoms with E-state index < -0.39 is 36.9 Å². The number of imidazole rings is 1. The Balaban J connectivity index is 2.11. The Labute approximate surface area is 126 Å². The van der Waals surface area contributed by atoms with E-state index in [9.17, 15) is 19.0 Å². The van der Waals surface area contributed by atoms with Crippen molar-refractivity contribution >= 4 is 17.0 Å². The molecule has 1 aliphatic heterocycles. The Kier molecular flexibility index (Phi) is 3.49. The molecule has 0 aromatic carbocycles. The number of aliphatic hydroxyl groups is 2. The molecule has 0 spiro atoms. The molecule has 3 rings (SSSR count). The molecule has 4 N–H and O–H groups in total. The Bertz CT molecular complexity index is 809. The summed E-state index contributed by atoms with van der Waals surface area (Å²) in [7, 11) is 0. The molecule has 122 valence electrons. The molecular weight excluding hydrogens is 318 g/mol. The second-order valence-corrected chi connectivity index (χ2v) is 4.79. The number of rotatable bonds is 3. The summed E-state index contributed by atoms with van der Waals surface area (Å²) >= 11 is 0. The highest BCUT2D eigenvalue weighted by atomic mass is 19.1. The Morgan fingerprint density at radius 3 is 2.96 bits per heavy atom. The maximum absolute atomic E-state index is 14.4. The van der Waals surface area contributed by atoms with Gasteiger partial charge in [0.25, 0.3) is 0 Å². The van der Waals surface area contributed by atoms with Gasteiger partial charge in [0.1, 0.15) is 6.10 Å². The van der Waals surface area contributed by atoms with Crippen molar-refractivity contribution in [3.05, 3.63) is 22.8 Å². The zero-order valence-electron chi connectivity index (χ0n) is 11.3. The number of nitrogens with zero attached hydrogens (tertiary/aromatic N) is 7. The van der Waals surface area contributed by atoms with Crippen molar-refractivity contribution in [3.8, 4) is 0 Å². The zero-order chi connectivity index (χ0) is 16.8. The average Bonchev–Trinajstić information content (AvgIpc) is 3.03. The zero-order valence-corrected chi connectivity index (χ0v) is 11.3. The van der Waals surface area contributed by atoms with E-state index in [4.69, 9.17) is 16.0 Å². The highest BCUT2D eigenvalue weighted by Crippen LogP contribution is 2.41. The van der Waals surface area contributed by atoms with E-state index in [2.05, 4.69) is 25.0 Å². The molecule has 11 nitrogen and oxygen atoms in total. The number of azide groups is 1. The first-order valence-electron chi connectivity index (χ1n) is 6.26. The average molecular weight is 328 g/mol. The van der Waals surface area contributed by atoms with Gasteiger partial charge < -0.3 is 20.7 Å². The quantitative estimate of drug-likeness (QED) is 0.302. The van der Waals surface area contributed by atoms with Gasteiger partial charge in [-0.15, -0.1) is 0 Å². The van der Waals surface area contributed by atoms with Crippen LogP contribution in [0.1, 0.15) is 6.23 Å². The van der Waals surface area contributed by atoms with Gasteiger partial charge in [0, 0.05) is 4.91 Å². The third kappa shape index (κ3) is 2.14. The van der Waals surface area contributed by atoms with Crippen molar-refractivity contribution in [1.29, 1.82) is 0 Å². The van der Waals surface area contributed by atoms with E-state index in [-0.39, 0.29) is 17.0 Å². The van der Waals surface area contributed by atoms with Crippen LogP contribution in [0, 0.1) is 6.08 Å². The number of alkyl halides is 1. The fourth-order valence-electron chi connectivity index (χ4n) is 2.38. The topological polar surface area (TPSA) is 168 Å². The van der Waals surface area contributed by atoms with E-state index in [0.717, 1.165) is 10.9 Å². The molecule has 0 radical (unpaired) electrons. The van der Waals surface area contributed by atoms with E-state index in [1.165, 1.54) is 0 Å². The lowest BCUT2D eigenvalue weighted by molar-refractivity contribution is -0.122. The molecule has 0 unspecified atom stereocenters. The molecule has 1 aliphatic rings. The Hall–Kier alpha value is -2.60. The molecule has 2 aromatic heterocycles. The normalized spacial score (nSPS) is 30.5. The standard InChI is InChI=1S/C10H10F2N8O3/c11-3-5(22)10(1-21,18-19-14)23-8(3)20-2-15-4-6(13)16-9(12)17-7(4)20/h2-3,5,8,21-22H,1H2,(H2,13,16,17)/t3-,5-,8+,10+/m0/s1. The maximum atomic E-state index is 14.4. The van der Waals surface area contributed by atoms with E-state index in [1.807, 2.05) is 0 Å². The summed E-state index contributed by atoms with van der Waals surface area (Å²) in [6.07, 6.45) is -5.72. The van der Waals surface area contributed by atoms with Gasteiger partial charge in [0.15, 0.2) is 29.4 Å². The molecule has 0 saturated carbocycles. The van der Waals surface area contributed by atoms with Gasteiger partial charge in [-0.25, -0.2) is 9.37 Å². The first kappa shape index (κ1) is 15.3. The first-order chi connectivity index (χ1) is 10.9. The molecule has 23 heavy (non-hydrogen) atoms. The summed E-state index contributed by atoms with van der Waals surface area (Å²) in [5.74, 6) is -0.260. The number of halogens is 2. The number of hydrogen-bond acceptors (Lipinski definition) is 8. The minimum absolute atomic E-state index is 0.00183. The summed E-state index contributed by atoms with van der Waals surface area (Å²) < 4.78 is 33.9. The van der Waals surface area contributed by atoms with Crippen molar-refractivity contribution < 1.29 is 23.7 Å². The Morgan fingerprint density at radius 2 is 2.30 bits per heavy atom. The Morgan fingerprint density at radius 1 is 1.57 bits per heavy atom. The van der Waals surface area contributed by atoms with Crippen LogP contribution in [0.15, 0.2) is 11.4 Å². The molecule has 2 aromatic rings. The lowest BCUT2D eigenvalue weighted by Gasteiger charge is -2.23. The number of aromatic nitrogens is 4. The molecule has 3 heterocycles. The van der Waals surface area contributed by atoms with E-state index in [1.54, 1.807) is 0 Å². The van der Waals surface area contributed by atoms with Crippen LogP contribution in [0.2, 0.25) is 0 Å². The fraction of sp³-hybridized carbons (Fsp3) is 0.500. The van der Waals surface area contributed by atoms with Crippen molar-refractivity contribution in [2.24, 2.45) is 5.11 Å². The van der Waals surface area contributed by atoms with Crippen LogP contribution in [0.25, 0.3) is 21.6 Å². The summed E-state index contributed by atoms with van der Waals surface area (Å²) in [5, 5.41) is 22.3. The fourth-order valence-corrected chi connectivity index (χ4v) is 2.38. The van der Waals surface area contributed by atoms with Gasteiger partial charge in [-0.05, 0) is 5.53 Å². The van der Waals surface area contributed by atoms with Crippen LogP contribution in [-0.2, 0) is 4.74 Å². The summed E-state index contributed by atoms with van der Waals surface area (Å²) in [4.78, 5) is 13.0. The van der Waals surface area contributed by atoms with Gasteiger partial charge in [-0.1, -0.05) is 5.11 Å². The van der Waals surface area contributed by atoms with Crippen LogP contribution in [-0.4, -0.2) is 54.3 Å². The van der Waals surface area contributed by atoms with E-state index >= 15 is 0 Å². The van der Waals surface area contributed by atoms with Crippen LogP contribution in [0.4, 0.5) is 14.6 Å². The van der Waals surface area contributed by atoms with Crippen LogP contribution in [0.3, 0.4) is 0 Å². The molecule has 1 saturated heterocycles. The van der Waals surface area contributed by atoms with Gasteiger partial charge in [0.05, 0.1) is 12.9 Å². The molecule has 1 fully saturated rings. The predicted molar refractivity (Wildman–Crippen MR) is 69.7 cm³/mol. The van der Waals surface area contributed by atoms with Gasteiger partial charge >= 0.3 is 6.08 Å². The second-order valence-electron chi connectivity index (χ2n) is 4.79. The monoisotopic (exact) mass is 328 g/mol. The number of ether oxygens (including phenoxy) is 1. The van der Waals surface area contributed by atoms with E-state index in [0.29, 0.717) is 0 Å². The SMILES string of the molecule is [N-]=[N+]=N[C@]1(CO)O[C@@H](n2cnc3c(N)nc(F)nc32)[C@@H](F)[C@@H]1O. The number of hydrogen-bond donors (Lipinski definition) is 3. The van der Waals surface area contributed by atoms with Crippen molar-refractivity contribution in [2.45, 2.75) is 24.2 Å². The number of nitrogen functional groups attached to an aromatic ring is 1. The van der Waals surface area contributed by atoms with Crippen LogP contribution in [0.5, 0.6) is 0 Å². The number of fused-ring (bicyclic) bond motifs is 1. The highest BCUT2D eigenvalue weighted by Gasteiger charge is 2.56. The van der Waals surface area contributed by atoms with Crippen LogP contribution >= 0.6 is 0 Å².